The van der Waals surface area contributed by atoms with Crippen LogP contribution in [0.2, 0.25) is 0 Å². The molecule has 0 fully saturated rings. The number of ether oxygens (including phenoxy) is 1. The van der Waals surface area contributed by atoms with E-state index in [1.807, 2.05) is 30.4 Å². The van der Waals surface area contributed by atoms with E-state index in [1.165, 1.54) is 5.57 Å². The number of rotatable bonds is 7. The molecule has 1 aromatic rings. The van der Waals surface area contributed by atoms with Gasteiger partial charge in [-0.05, 0) is 37.5 Å². The summed E-state index contributed by atoms with van der Waals surface area (Å²) in [5.74, 6) is 1.50. The lowest BCUT2D eigenvalue weighted by Gasteiger charge is -2.21. The van der Waals surface area contributed by atoms with E-state index in [9.17, 15) is 4.79 Å². The van der Waals surface area contributed by atoms with E-state index in [-0.39, 0.29) is 5.91 Å². The first-order chi connectivity index (χ1) is 12.3. The van der Waals surface area contributed by atoms with E-state index in [1.54, 1.807) is 5.48 Å². The average Bonchev–Trinajstić information content (AvgIpc) is 2.80. The van der Waals surface area contributed by atoms with E-state index in [2.05, 4.69) is 23.2 Å². The molecule has 5 nitrogen and oxygen atoms in total. The first-order valence-electron chi connectivity index (χ1n) is 8.82. The standard InChI is InChI=1S/C20H24N2O3/c23-20(21-24)13-3-1-2-8-14-22-15-16-9-4-6-11-18(16)25-19-12-7-5-10-17(19)22/h4-7,10-12,15,24H,1-3,8-9,13-14H2,(H,21,23). The summed E-state index contributed by atoms with van der Waals surface area (Å²) in [4.78, 5) is 13.3. The first kappa shape index (κ1) is 17.3. The third kappa shape index (κ3) is 4.51. The average molecular weight is 340 g/mol. The number of benzene rings is 1. The van der Waals surface area contributed by atoms with Crippen LogP contribution < -0.4 is 15.1 Å². The first-order valence-corrected chi connectivity index (χ1v) is 8.82. The molecule has 2 N–H and O–H groups in total. The second-order valence-corrected chi connectivity index (χ2v) is 6.28. The zero-order valence-electron chi connectivity index (χ0n) is 14.3. The lowest BCUT2D eigenvalue weighted by molar-refractivity contribution is -0.129. The van der Waals surface area contributed by atoms with E-state index in [4.69, 9.17) is 9.94 Å². The molecule has 0 aromatic heterocycles. The number of nitrogens with one attached hydrogen (secondary N) is 1. The van der Waals surface area contributed by atoms with Crippen molar-refractivity contribution in [2.24, 2.45) is 0 Å². The van der Waals surface area contributed by atoms with Crippen molar-refractivity contribution in [1.82, 2.24) is 5.48 Å². The summed E-state index contributed by atoms with van der Waals surface area (Å²) in [6.45, 7) is 0.910. The Labute approximate surface area is 148 Å². The van der Waals surface area contributed by atoms with Crippen molar-refractivity contribution < 1.29 is 14.7 Å². The van der Waals surface area contributed by atoms with Crippen LogP contribution in [0.5, 0.6) is 5.75 Å². The molecule has 0 bridgehead atoms. The molecule has 132 valence electrons. The maximum atomic E-state index is 11.0. The molecule has 1 heterocycles. The van der Waals surface area contributed by atoms with Crippen LogP contribution in [0.25, 0.3) is 0 Å². The van der Waals surface area contributed by atoms with Gasteiger partial charge in [0.05, 0.1) is 5.69 Å². The van der Waals surface area contributed by atoms with Crippen LogP contribution in [0.15, 0.2) is 60.0 Å². The molecule has 0 spiro atoms. The number of hydrogen-bond acceptors (Lipinski definition) is 4. The van der Waals surface area contributed by atoms with Crippen molar-refractivity contribution in [2.75, 3.05) is 11.4 Å². The molecule has 0 atom stereocenters. The molecule has 5 heteroatoms. The number of hydrogen-bond donors (Lipinski definition) is 2. The van der Waals surface area contributed by atoms with Gasteiger partial charge in [0.1, 0.15) is 5.76 Å². The molecule has 1 aromatic carbocycles. The number of hydroxylamine groups is 1. The normalized spacial score (nSPS) is 15.3. The maximum absolute atomic E-state index is 11.0. The quantitative estimate of drug-likeness (QED) is 0.446. The number of carbonyl (C=O) groups excluding carboxylic acids is 1. The third-order valence-electron chi connectivity index (χ3n) is 4.42. The number of para-hydroxylation sites is 2. The van der Waals surface area contributed by atoms with Crippen LogP contribution >= 0.6 is 0 Å². The van der Waals surface area contributed by atoms with Gasteiger partial charge in [0.25, 0.3) is 0 Å². The molecule has 0 unspecified atom stereocenters. The molecule has 1 amide bonds. The van der Waals surface area contributed by atoms with Crippen LogP contribution in [0.3, 0.4) is 0 Å². The predicted octanol–water partition coefficient (Wildman–Crippen LogP) is 4.07. The minimum atomic E-state index is -0.312. The van der Waals surface area contributed by atoms with Gasteiger partial charge in [0, 0.05) is 24.7 Å². The van der Waals surface area contributed by atoms with E-state index in [0.717, 1.165) is 55.8 Å². The number of allylic oxidation sites excluding steroid dienone is 4. The highest BCUT2D eigenvalue weighted by molar-refractivity contribution is 5.74. The molecule has 2 aliphatic rings. The Morgan fingerprint density at radius 1 is 1.20 bits per heavy atom. The van der Waals surface area contributed by atoms with Gasteiger partial charge < -0.3 is 9.64 Å². The lowest BCUT2D eigenvalue weighted by Crippen LogP contribution is -2.18. The van der Waals surface area contributed by atoms with Gasteiger partial charge in [-0.3, -0.25) is 10.0 Å². The van der Waals surface area contributed by atoms with E-state index in [0.29, 0.717) is 6.42 Å². The topological polar surface area (TPSA) is 61.8 Å². The van der Waals surface area contributed by atoms with Crippen LogP contribution in [0.1, 0.15) is 38.5 Å². The Morgan fingerprint density at radius 2 is 2.04 bits per heavy atom. The predicted molar refractivity (Wildman–Crippen MR) is 97.4 cm³/mol. The largest absolute Gasteiger partial charge is 0.455 e. The zero-order valence-corrected chi connectivity index (χ0v) is 14.3. The molecular formula is C20H24N2O3. The number of nitrogens with zero attached hydrogens (tertiary/aromatic N) is 1. The number of amides is 1. The van der Waals surface area contributed by atoms with Gasteiger partial charge in [0.15, 0.2) is 5.75 Å². The molecule has 0 radical (unpaired) electrons. The number of anilines is 1. The number of unbranched alkanes of at least 4 members (excludes halogenated alkanes) is 3. The summed E-state index contributed by atoms with van der Waals surface area (Å²) in [6.07, 6.45) is 13.5. The summed E-state index contributed by atoms with van der Waals surface area (Å²) in [5.41, 5.74) is 3.95. The summed E-state index contributed by atoms with van der Waals surface area (Å²) < 4.78 is 6.11. The number of carbonyl (C=O) groups is 1. The van der Waals surface area contributed by atoms with Crippen molar-refractivity contribution >= 4 is 11.6 Å². The fourth-order valence-corrected chi connectivity index (χ4v) is 3.09. The highest BCUT2D eigenvalue weighted by Crippen LogP contribution is 2.36. The van der Waals surface area contributed by atoms with Gasteiger partial charge >= 0.3 is 0 Å². The minimum Gasteiger partial charge on any atom is -0.455 e. The van der Waals surface area contributed by atoms with Gasteiger partial charge in [-0.1, -0.05) is 37.1 Å². The molecule has 1 aliphatic carbocycles. The second kappa shape index (κ2) is 8.53. The van der Waals surface area contributed by atoms with Gasteiger partial charge in [-0.2, -0.15) is 0 Å². The Bertz CT molecular complexity index is 707. The Kier molecular flexibility index (Phi) is 5.90. The SMILES string of the molecule is O=C(CCCCCCN1C=C2CC=CC=C2Oc2ccccc21)NO. The molecule has 0 saturated carbocycles. The Morgan fingerprint density at radius 3 is 2.92 bits per heavy atom. The molecule has 25 heavy (non-hydrogen) atoms. The monoisotopic (exact) mass is 340 g/mol. The smallest absolute Gasteiger partial charge is 0.243 e. The highest BCUT2D eigenvalue weighted by atomic mass is 16.5. The van der Waals surface area contributed by atoms with Crippen molar-refractivity contribution in [3.8, 4) is 5.75 Å². The van der Waals surface area contributed by atoms with Crippen molar-refractivity contribution in [1.29, 1.82) is 0 Å². The molecule has 0 saturated heterocycles. The minimum absolute atomic E-state index is 0.312. The number of fused-ring (bicyclic) bond motifs is 2. The summed E-state index contributed by atoms with van der Waals surface area (Å²) in [5, 5.41) is 8.49. The fraction of sp³-hybridized carbons (Fsp3) is 0.350. The van der Waals surface area contributed by atoms with Crippen LogP contribution in [-0.2, 0) is 4.79 Å². The van der Waals surface area contributed by atoms with Crippen molar-refractivity contribution in [2.45, 2.75) is 38.5 Å². The van der Waals surface area contributed by atoms with Crippen molar-refractivity contribution in [3.63, 3.8) is 0 Å². The van der Waals surface area contributed by atoms with E-state index < -0.39 is 0 Å². The van der Waals surface area contributed by atoms with Crippen molar-refractivity contribution in [3.05, 3.63) is 60.0 Å². The summed E-state index contributed by atoms with van der Waals surface area (Å²) in [7, 11) is 0. The maximum Gasteiger partial charge on any atom is 0.243 e. The zero-order chi connectivity index (χ0) is 17.5. The second-order valence-electron chi connectivity index (χ2n) is 6.28. The summed E-state index contributed by atoms with van der Waals surface area (Å²) >= 11 is 0. The summed E-state index contributed by atoms with van der Waals surface area (Å²) in [6, 6.07) is 8.12. The van der Waals surface area contributed by atoms with E-state index >= 15 is 0 Å². The Balaban J connectivity index is 1.60. The molecule has 1 aliphatic heterocycles. The molecule has 3 rings (SSSR count). The van der Waals surface area contributed by atoms with Gasteiger partial charge in [-0.15, -0.1) is 0 Å². The highest BCUT2D eigenvalue weighted by Gasteiger charge is 2.20. The van der Waals surface area contributed by atoms with Gasteiger partial charge in [0.2, 0.25) is 5.91 Å². The van der Waals surface area contributed by atoms with Gasteiger partial charge in [-0.25, -0.2) is 5.48 Å². The van der Waals surface area contributed by atoms with Crippen LogP contribution in [0.4, 0.5) is 5.69 Å². The lowest BCUT2D eigenvalue weighted by atomic mass is 10.1. The third-order valence-corrected chi connectivity index (χ3v) is 4.42. The van der Waals surface area contributed by atoms with Crippen LogP contribution in [0, 0.1) is 0 Å². The van der Waals surface area contributed by atoms with Crippen LogP contribution in [-0.4, -0.2) is 17.7 Å². The Hall–Kier alpha value is -2.53. The molecular weight excluding hydrogens is 316 g/mol. The fourth-order valence-electron chi connectivity index (χ4n) is 3.09.